The fraction of sp³-hybridized carbons (Fsp3) is 0.643. The molecule has 20 heavy (non-hydrogen) atoms. The molecule has 6 N–H and O–H groups in total. The third-order valence-electron chi connectivity index (χ3n) is 5.64. The van der Waals surface area contributed by atoms with Crippen LogP contribution in [0.5, 0.6) is 0 Å². The Balaban J connectivity index is 2.06. The molecule has 3 aliphatic carbocycles. The molecule has 1 spiro atoms. The van der Waals surface area contributed by atoms with Crippen molar-refractivity contribution in [2.45, 2.75) is 25.7 Å². The van der Waals surface area contributed by atoms with Crippen LogP contribution < -0.4 is 17.2 Å². The van der Waals surface area contributed by atoms with E-state index in [0.29, 0.717) is 0 Å². The average molecular weight is 277 g/mol. The van der Waals surface area contributed by atoms with Gasteiger partial charge in [0.2, 0.25) is 17.7 Å². The van der Waals surface area contributed by atoms with Crippen LogP contribution in [0.3, 0.4) is 0 Å². The van der Waals surface area contributed by atoms with Crippen LogP contribution in [0.4, 0.5) is 0 Å². The molecule has 0 heterocycles. The van der Waals surface area contributed by atoms with E-state index in [9.17, 15) is 14.4 Å². The molecule has 0 aliphatic heterocycles. The van der Waals surface area contributed by atoms with Crippen molar-refractivity contribution in [2.24, 2.45) is 45.8 Å². The van der Waals surface area contributed by atoms with Crippen molar-refractivity contribution in [1.82, 2.24) is 0 Å². The Morgan fingerprint density at radius 1 is 1.10 bits per heavy atom. The average Bonchev–Trinajstić information content (AvgIpc) is 3.01. The lowest BCUT2D eigenvalue weighted by molar-refractivity contribution is -0.141. The van der Waals surface area contributed by atoms with Crippen molar-refractivity contribution in [3.05, 3.63) is 12.2 Å². The first-order chi connectivity index (χ1) is 9.36. The molecule has 108 valence electrons. The highest BCUT2D eigenvalue weighted by molar-refractivity contribution is 5.92. The Hall–Kier alpha value is -1.85. The fourth-order valence-corrected chi connectivity index (χ4v) is 4.75. The maximum Gasteiger partial charge on any atom is 0.225 e. The number of rotatable bonds is 5. The maximum atomic E-state index is 12.2. The van der Waals surface area contributed by atoms with Gasteiger partial charge in [-0.1, -0.05) is 12.2 Å². The SMILES string of the molecule is NC(=O)CCC1(C(N)=O)C(C(N)=O)[C@@H]2C=C[C@@H]1C21CC1. The minimum atomic E-state index is -1.04. The lowest BCUT2D eigenvalue weighted by Crippen LogP contribution is -2.51. The molecule has 2 fully saturated rings. The number of carbonyl (C=O) groups excluding carboxylic acids is 3. The molecule has 0 saturated heterocycles. The number of carbonyl (C=O) groups is 3. The summed E-state index contributed by atoms with van der Waals surface area (Å²) in [5.74, 6) is -2.26. The molecule has 3 amide bonds. The van der Waals surface area contributed by atoms with E-state index in [4.69, 9.17) is 17.2 Å². The summed E-state index contributed by atoms with van der Waals surface area (Å²) in [6.45, 7) is 0. The van der Waals surface area contributed by atoms with Crippen LogP contribution in [-0.4, -0.2) is 17.7 Å². The van der Waals surface area contributed by atoms with Gasteiger partial charge in [-0.3, -0.25) is 14.4 Å². The summed E-state index contributed by atoms with van der Waals surface area (Å²) in [7, 11) is 0. The van der Waals surface area contributed by atoms with E-state index in [1.807, 2.05) is 12.2 Å². The van der Waals surface area contributed by atoms with Crippen LogP contribution in [0.15, 0.2) is 12.2 Å². The van der Waals surface area contributed by atoms with Gasteiger partial charge < -0.3 is 17.2 Å². The predicted molar refractivity (Wildman–Crippen MR) is 70.5 cm³/mol. The summed E-state index contributed by atoms with van der Waals surface area (Å²) in [4.78, 5) is 35.2. The van der Waals surface area contributed by atoms with Crippen molar-refractivity contribution in [2.75, 3.05) is 0 Å². The van der Waals surface area contributed by atoms with E-state index >= 15 is 0 Å². The fourth-order valence-electron chi connectivity index (χ4n) is 4.75. The van der Waals surface area contributed by atoms with Gasteiger partial charge in [-0.15, -0.1) is 0 Å². The van der Waals surface area contributed by atoms with E-state index < -0.39 is 29.1 Å². The first-order valence-corrected chi connectivity index (χ1v) is 6.92. The van der Waals surface area contributed by atoms with Crippen molar-refractivity contribution in [1.29, 1.82) is 0 Å². The highest BCUT2D eigenvalue weighted by atomic mass is 16.2. The van der Waals surface area contributed by atoms with Crippen LogP contribution in [0.1, 0.15) is 25.7 Å². The molecule has 2 bridgehead atoms. The smallest absolute Gasteiger partial charge is 0.225 e. The molecule has 6 nitrogen and oxygen atoms in total. The zero-order valence-electron chi connectivity index (χ0n) is 11.2. The highest BCUT2D eigenvalue weighted by Crippen LogP contribution is 2.76. The topological polar surface area (TPSA) is 129 Å². The van der Waals surface area contributed by atoms with Gasteiger partial charge in [-0.25, -0.2) is 0 Å². The number of hydrogen-bond acceptors (Lipinski definition) is 3. The molecule has 4 atom stereocenters. The first kappa shape index (κ1) is 13.1. The lowest BCUT2D eigenvalue weighted by Gasteiger charge is -2.37. The standard InChI is InChI=1S/C14H19N3O3/c15-9(18)3-4-14(12(17)20)8-2-1-7(10(14)11(16)19)13(8)5-6-13/h1-2,7-8,10H,3-6H2,(H2,15,18)(H2,16,19)(H2,17,20)/t7-,8+,10?,14?/m0/s1. The Kier molecular flexibility index (Phi) is 2.52. The van der Waals surface area contributed by atoms with Crippen molar-refractivity contribution in [3.8, 4) is 0 Å². The summed E-state index contributed by atoms with van der Waals surface area (Å²) in [6.07, 6.45) is 6.19. The maximum absolute atomic E-state index is 12.2. The number of hydrogen-bond donors (Lipinski definition) is 3. The second kappa shape index (κ2) is 3.84. The Morgan fingerprint density at radius 3 is 2.20 bits per heavy atom. The summed E-state index contributed by atoms with van der Waals surface area (Å²) in [5, 5.41) is 0. The van der Waals surface area contributed by atoms with Crippen molar-refractivity contribution >= 4 is 17.7 Å². The van der Waals surface area contributed by atoms with Crippen molar-refractivity contribution in [3.63, 3.8) is 0 Å². The van der Waals surface area contributed by atoms with E-state index in [1.165, 1.54) is 0 Å². The number of primary amides is 3. The lowest BCUT2D eigenvalue weighted by atomic mass is 9.64. The quantitative estimate of drug-likeness (QED) is 0.581. The molecule has 2 unspecified atom stereocenters. The van der Waals surface area contributed by atoms with E-state index in [-0.39, 0.29) is 30.1 Å². The van der Waals surface area contributed by atoms with E-state index in [1.54, 1.807) is 0 Å². The van der Waals surface area contributed by atoms with Crippen LogP contribution in [0.25, 0.3) is 0 Å². The van der Waals surface area contributed by atoms with Gasteiger partial charge >= 0.3 is 0 Å². The van der Waals surface area contributed by atoms with Crippen molar-refractivity contribution < 1.29 is 14.4 Å². The molecule has 3 aliphatic rings. The molecule has 0 aromatic carbocycles. The van der Waals surface area contributed by atoms with Crippen LogP contribution >= 0.6 is 0 Å². The minimum Gasteiger partial charge on any atom is -0.370 e. The molecule has 0 aromatic rings. The zero-order valence-corrected chi connectivity index (χ0v) is 11.2. The largest absolute Gasteiger partial charge is 0.370 e. The van der Waals surface area contributed by atoms with Gasteiger partial charge in [-0.2, -0.15) is 0 Å². The van der Waals surface area contributed by atoms with Gasteiger partial charge in [0.15, 0.2) is 0 Å². The molecule has 0 radical (unpaired) electrons. The van der Waals surface area contributed by atoms with Gasteiger partial charge in [-0.05, 0) is 36.5 Å². The van der Waals surface area contributed by atoms with Gasteiger partial charge in [0.1, 0.15) is 0 Å². The number of amides is 3. The third kappa shape index (κ3) is 1.36. The van der Waals surface area contributed by atoms with E-state index in [0.717, 1.165) is 12.8 Å². The minimum absolute atomic E-state index is 0.0228. The molecule has 0 aromatic heterocycles. The summed E-state index contributed by atoms with van der Waals surface area (Å²) in [5.41, 5.74) is 15.3. The van der Waals surface area contributed by atoms with Crippen LogP contribution in [0.2, 0.25) is 0 Å². The van der Waals surface area contributed by atoms with Crippen LogP contribution in [-0.2, 0) is 14.4 Å². The van der Waals surface area contributed by atoms with Crippen LogP contribution in [0, 0.1) is 28.6 Å². The number of nitrogens with two attached hydrogens (primary N) is 3. The Bertz CT molecular complexity index is 538. The number of allylic oxidation sites excluding steroid dienone is 2. The Labute approximate surface area is 116 Å². The van der Waals surface area contributed by atoms with Gasteiger partial charge in [0.05, 0.1) is 11.3 Å². The summed E-state index contributed by atoms with van der Waals surface area (Å²) in [6, 6.07) is 0. The predicted octanol–water partition coefficient (Wildman–Crippen LogP) is -0.579. The zero-order chi connectivity index (χ0) is 14.7. The molecule has 6 heteroatoms. The molecule has 3 rings (SSSR count). The summed E-state index contributed by atoms with van der Waals surface area (Å²) >= 11 is 0. The molecular formula is C14H19N3O3. The third-order valence-corrected chi connectivity index (χ3v) is 5.64. The molecule has 2 saturated carbocycles. The second-order valence-corrected chi connectivity index (χ2v) is 6.37. The second-order valence-electron chi connectivity index (χ2n) is 6.37. The normalized spacial score (nSPS) is 39.1. The Morgan fingerprint density at radius 2 is 1.75 bits per heavy atom. The summed E-state index contributed by atoms with van der Waals surface area (Å²) < 4.78 is 0. The first-order valence-electron chi connectivity index (χ1n) is 6.92. The van der Waals surface area contributed by atoms with Gasteiger partial charge in [0, 0.05) is 6.42 Å². The van der Waals surface area contributed by atoms with Gasteiger partial charge in [0.25, 0.3) is 0 Å². The highest BCUT2D eigenvalue weighted by Gasteiger charge is 2.75. The monoisotopic (exact) mass is 277 g/mol. The van der Waals surface area contributed by atoms with E-state index in [2.05, 4.69) is 0 Å². The molecular weight excluding hydrogens is 258 g/mol.